The number of piperidine rings is 1. The molecule has 3 nitrogen and oxygen atoms in total. The average Bonchev–Trinajstić information content (AvgIpc) is 2.31. The number of hydrogen-bond donors (Lipinski definition) is 0. The van der Waals surface area contributed by atoms with Gasteiger partial charge in [0.05, 0.1) is 5.69 Å². The maximum atomic E-state index is 13.1. The molecule has 2 rings (SSSR count). The first-order chi connectivity index (χ1) is 8.20. The predicted molar refractivity (Wildman–Crippen MR) is 64.8 cm³/mol. The topological polar surface area (TPSA) is 32.7 Å². The van der Waals surface area contributed by atoms with Crippen LogP contribution in [-0.4, -0.2) is 19.2 Å². The molecule has 0 bridgehead atoms. The van der Waals surface area contributed by atoms with Gasteiger partial charge in [-0.1, -0.05) is 6.92 Å². The Morgan fingerprint density at radius 1 is 1.41 bits per heavy atom. The van der Waals surface area contributed by atoms with Gasteiger partial charge in [0, 0.05) is 19.2 Å². The van der Waals surface area contributed by atoms with E-state index >= 15 is 0 Å². The standard InChI is InChI=1S/C13H15FN2O/c1-10-4-6-16(7-5-10)13-3-2-11(14)8-12(13)15-9-17/h2-3,8,10H,4-7H2,1H3. The fourth-order valence-electron chi connectivity index (χ4n) is 2.15. The highest BCUT2D eigenvalue weighted by Crippen LogP contribution is 2.32. The van der Waals surface area contributed by atoms with Crippen LogP contribution in [0.15, 0.2) is 23.2 Å². The second-order valence-corrected chi connectivity index (χ2v) is 4.51. The molecule has 0 saturated carbocycles. The minimum absolute atomic E-state index is 0.370. The summed E-state index contributed by atoms with van der Waals surface area (Å²) in [6.07, 6.45) is 3.71. The average molecular weight is 234 g/mol. The van der Waals surface area contributed by atoms with Crippen molar-refractivity contribution in [2.45, 2.75) is 19.8 Å². The van der Waals surface area contributed by atoms with E-state index in [1.807, 2.05) is 0 Å². The Bertz CT molecular complexity index is 447. The first kappa shape index (κ1) is 11.8. The molecule has 17 heavy (non-hydrogen) atoms. The number of carbonyl (C=O) groups excluding carboxylic acids is 1. The van der Waals surface area contributed by atoms with Crippen LogP contribution in [0.1, 0.15) is 19.8 Å². The molecule has 1 saturated heterocycles. The summed E-state index contributed by atoms with van der Waals surface area (Å²) in [4.78, 5) is 16.1. The smallest absolute Gasteiger partial charge is 0.240 e. The maximum Gasteiger partial charge on any atom is 0.240 e. The molecule has 4 heteroatoms. The first-order valence-corrected chi connectivity index (χ1v) is 5.83. The number of aliphatic imine (C=N–C) groups is 1. The summed E-state index contributed by atoms with van der Waals surface area (Å²) in [6.45, 7) is 4.08. The lowest BCUT2D eigenvalue weighted by Crippen LogP contribution is -2.32. The van der Waals surface area contributed by atoms with E-state index < -0.39 is 0 Å². The van der Waals surface area contributed by atoms with Crippen LogP contribution in [0.2, 0.25) is 0 Å². The molecular formula is C13H15FN2O. The number of hydrogen-bond acceptors (Lipinski definition) is 3. The molecular weight excluding hydrogens is 219 g/mol. The second kappa shape index (κ2) is 5.11. The van der Waals surface area contributed by atoms with Crippen molar-refractivity contribution in [1.29, 1.82) is 0 Å². The molecule has 1 aliphatic rings. The van der Waals surface area contributed by atoms with Gasteiger partial charge in [0.1, 0.15) is 11.5 Å². The van der Waals surface area contributed by atoms with Crippen LogP contribution in [0.5, 0.6) is 0 Å². The van der Waals surface area contributed by atoms with Gasteiger partial charge in [-0.05, 0) is 30.9 Å². The van der Waals surface area contributed by atoms with Gasteiger partial charge in [-0.3, -0.25) is 0 Å². The van der Waals surface area contributed by atoms with Crippen LogP contribution >= 0.6 is 0 Å². The Morgan fingerprint density at radius 3 is 2.76 bits per heavy atom. The fraction of sp³-hybridized carbons (Fsp3) is 0.462. The van der Waals surface area contributed by atoms with Crippen molar-refractivity contribution >= 4 is 17.5 Å². The van der Waals surface area contributed by atoms with Crippen molar-refractivity contribution in [3.63, 3.8) is 0 Å². The predicted octanol–water partition coefficient (Wildman–Crippen LogP) is 3.03. The Morgan fingerprint density at radius 2 is 2.12 bits per heavy atom. The van der Waals surface area contributed by atoms with Crippen molar-refractivity contribution < 1.29 is 9.18 Å². The second-order valence-electron chi connectivity index (χ2n) is 4.51. The molecule has 1 aliphatic heterocycles. The maximum absolute atomic E-state index is 13.1. The minimum atomic E-state index is -0.381. The van der Waals surface area contributed by atoms with Gasteiger partial charge < -0.3 is 4.90 Å². The highest BCUT2D eigenvalue weighted by Gasteiger charge is 2.18. The van der Waals surface area contributed by atoms with E-state index in [1.165, 1.54) is 18.2 Å². The summed E-state index contributed by atoms with van der Waals surface area (Å²) >= 11 is 0. The van der Waals surface area contributed by atoms with Crippen LogP contribution in [0.4, 0.5) is 15.8 Å². The first-order valence-electron chi connectivity index (χ1n) is 5.83. The van der Waals surface area contributed by atoms with Gasteiger partial charge in [-0.15, -0.1) is 0 Å². The molecule has 1 heterocycles. The molecule has 0 N–H and O–H groups in total. The summed E-state index contributed by atoms with van der Waals surface area (Å²) in [5.41, 5.74) is 1.19. The summed E-state index contributed by atoms with van der Waals surface area (Å²) < 4.78 is 13.1. The lowest BCUT2D eigenvalue weighted by molar-refractivity contribution is 0.438. The van der Waals surface area contributed by atoms with Crippen LogP contribution in [0, 0.1) is 11.7 Å². The SMILES string of the molecule is CC1CCN(c2ccc(F)cc2N=C=O)CC1. The molecule has 1 fully saturated rings. The molecule has 0 aromatic heterocycles. The van der Waals surface area contributed by atoms with E-state index in [0.29, 0.717) is 5.69 Å². The zero-order valence-corrected chi connectivity index (χ0v) is 9.82. The van der Waals surface area contributed by atoms with Crippen LogP contribution < -0.4 is 4.90 Å². The van der Waals surface area contributed by atoms with Crippen LogP contribution in [-0.2, 0) is 4.79 Å². The van der Waals surface area contributed by atoms with Crippen LogP contribution in [0.3, 0.4) is 0 Å². The fourth-order valence-corrected chi connectivity index (χ4v) is 2.15. The number of isocyanates is 1. The molecule has 90 valence electrons. The minimum Gasteiger partial charge on any atom is -0.370 e. The van der Waals surface area contributed by atoms with E-state index in [4.69, 9.17) is 0 Å². The van der Waals surface area contributed by atoms with Gasteiger partial charge in [-0.2, -0.15) is 4.99 Å². The molecule has 0 amide bonds. The Balaban J connectivity index is 2.28. The molecule has 0 spiro atoms. The third kappa shape index (κ3) is 2.71. The van der Waals surface area contributed by atoms with Crippen molar-refractivity contribution in [1.82, 2.24) is 0 Å². The van der Waals surface area contributed by atoms with Crippen LogP contribution in [0.25, 0.3) is 0 Å². The van der Waals surface area contributed by atoms with Gasteiger partial charge in [-0.25, -0.2) is 9.18 Å². The summed E-state index contributed by atoms with van der Waals surface area (Å²) in [7, 11) is 0. The molecule has 0 atom stereocenters. The van der Waals surface area contributed by atoms with Crippen molar-refractivity contribution in [2.24, 2.45) is 10.9 Å². The Hall–Kier alpha value is -1.67. The lowest BCUT2D eigenvalue weighted by Gasteiger charge is -2.32. The number of benzene rings is 1. The van der Waals surface area contributed by atoms with E-state index in [0.717, 1.165) is 37.5 Å². The monoisotopic (exact) mass is 234 g/mol. The third-order valence-electron chi connectivity index (χ3n) is 3.23. The van der Waals surface area contributed by atoms with Gasteiger partial charge in [0.2, 0.25) is 6.08 Å². The number of nitrogens with zero attached hydrogens (tertiary/aromatic N) is 2. The summed E-state index contributed by atoms with van der Waals surface area (Å²) in [5.74, 6) is 0.345. The number of rotatable bonds is 2. The van der Waals surface area contributed by atoms with E-state index in [9.17, 15) is 9.18 Å². The number of anilines is 1. The molecule has 0 radical (unpaired) electrons. The van der Waals surface area contributed by atoms with Gasteiger partial charge in [0.15, 0.2) is 0 Å². The van der Waals surface area contributed by atoms with Crippen molar-refractivity contribution in [3.8, 4) is 0 Å². The highest BCUT2D eigenvalue weighted by molar-refractivity contribution is 5.69. The highest BCUT2D eigenvalue weighted by atomic mass is 19.1. The molecule has 1 aromatic carbocycles. The normalized spacial score (nSPS) is 16.7. The third-order valence-corrected chi connectivity index (χ3v) is 3.23. The van der Waals surface area contributed by atoms with Crippen molar-refractivity contribution in [3.05, 3.63) is 24.0 Å². The van der Waals surface area contributed by atoms with E-state index in [1.54, 1.807) is 6.07 Å². The zero-order chi connectivity index (χ0) is 12.3. The van der Waals surface area contributed by atoms with Gasteiger partial charge >= 0.3 is 0 Å². The lowest BCUT2D eigenvalue weighted by atomic mass is 9.98. The quantitative estimate of drug-likeness (QED) is 0.582. The molecule has 0 unspecified atom stereocenters. The van der Waals surface area contributed by atoms with Gasteiger partial charge in [0.25, 0.3) is 0 Å². The van der Waals surface area contributed by atoms with E-state index in [2.05, 4.69) is 16.8 Å². The molecule has 0 aliphatic carbocycles. The Kier molecular flexibility index (Phi) is 3.55. The summed E-state index contributed by atoms with van der Waals surface area (Å²) in [6, 6.07) is 4.36. The summed E-state index contributed by atoms with van der Waals surface area (Å²) in [5, 5.41) is 0. The number of halogens is 1. The Labute approximate surface area is 100.0 Å². The molecule has 1 aromatic rings. The zero-order valence-electron chi connectivity index (χ0n) is 9.82. The van der Waals surface area contributed by atoms with E-state index in [-0.39, 0.29) is 5.82 Å². The largest absolute Gasteiger partial charge is 0.370 e. The van der Waals surface area contributed by atoms with Crippen molar-refractivity contribution in [2.75, 3.05) is 18.0 Å².